The van der Waals surface area contributed by atoms with Gasteiger partial charge >= 0.3 is 0 Å². The molecule has 0 aliphatic rings. The normalized spacial score (nSPS) is 10.0. The van der Waals surface area contributed by atoms with Gasteiger partial charge < -0.3 is 10.1 Å². The predicted molar refractivity (Wildman–Crippen MR) is 93.9 cm³/mol. The van der Waals surface area contributed by atoms with Crippen molar-refractivity contribution in [1.82, 2.24) is 0 Å². The molecule has 0 bridgehead atoms. The number of amides is 1. The van der Waals surface area contributed by atoms with Crippen LogP contribution in [0.1, 0.15) is 17.3 Å². The fourth-order valence-electron chi connectivity index (χ4n) is 1.65. The van der Waals surface area contributed by atoms with Gasteiger partial charge in [-0.25, -0.2) is 0 Å². The quantitative estimate of drug-likeness (QED) is 0.600. The van der Waals surface area contributed by atoms with E-state index >= 15 is 0 Å². The lowest BCUT2D eigenvalue weighted by Gasteiger charge is -2.08. The molecule has 108 valence electrons. The van der Waals surface area contributed by atoms with Crippen molar-refractivity contribution in [2.24, 2.45) is 0 Å². The monoisotopic (exact) mass is 393 g/mol. The number of benzene rings is 2. The van der Waals surface area contributed by atoms with Gasteiger partial charge in [0.05, 0.1) is 0 Å². The summed E-state index contributed by atoms with van der Waals surface area (Å²) in [6, 6.07) is 14.7. The number of carbonyl (C=O) groups is 1. The topological polar surface area (TPSA) is 38.3 Å². The highest BCUT2D eigenvalue weighted by Gasteiger charge is 2.06. The van der Waals surface area contributed by atoms with Crippen molar-refractivity contribution < 1.29 is 9.53 Å². The zero-order valence-electron chi connectivity index (χ0n) is 11.7. The van der Waals surface area contributed by atoms with Gasteiger partial charge in [0.25, 0.3) is 5.91 Å². The Balaban J connectivity index is 1.99. The molecule has 2 aromatic carbocycles. The molecule has 0 aliphatic heterocycles. The smallest absolute Gasteiger partial charge is 0.255 e. The lowest BCUT2D eigenvalue weighted by atomic mass is 10.2. The van der Waals surface area contributed by atoms with E-state index in [0.717, 1.165) is 20.6 Å². The molecule has 0 aromatic heterocycles. The van der Waals surface area contributed by atoms with E-state index in [1.54, 1.807) is 24.3 Å². The van der Waals surface area contributed by atoms with Gasteiger partial charge in [0.2, 0.25) is 0 Å². The van der Waals surface area contributed by atoms with E-state index in [0.29, 0.717) is 12.2 Å². The Morgan fingerprint density at radius 3 is 2.33 bits per heavy atom. The van der Waals surface area contributed by atoms with E-state index in [1.807, 2.05) is 31.2 Å². The van der Waals surface area contributed by atoms with Crippen LogP contribution in [0, 0.1) is 3.57 Å². The van der Waals surface area contributed by atoms with E-state index in [1.165, 1.54) is 0 Å². The number of nitrogens with one attached hydrogen (secondary N) is 1. The Hall–Kier alpha value is -1.82. The van der Waals surface area contributed by atoms with E-state index in [9.17, 15) is 4.79 Å². The number of carbonyl (C=O) groups excluding carboxylic acids is 1. The highest BCUT2D eigenvalue weighted by molar-refractivity contribution is 14.1. The summed E-state index contributed by atoms with van der Waals surface area (Å²) < 4.78 is 6.63. The molecule has 1 N–H and O–H groups in total. The highest BCUT2D eigenvalue weighted by Crippen LogP contribution is 2.16. The molecule has 4 heteroatoms. The van der Waals surface area contributed by atoms with Gasteiger partial charge in [-0.3, -0.25) is 4.79 Å². The molecule has 0 atom stereocenters. The third-order valence-corrected chi connectivity index (χ3v) is 3.42. The van der Waals surface area contributed by atoms with Gasteiger partial charge in [0, 0.05) is 14.8 Å². The maximum Gasteiger partial charge on any atom is 0.255 e. The molecule has 1 amide bonds. The number of rotatable bonds is 5. The van der Waals surface area contributed by atoms with Crippen LogP contribution in [0.25, 0.3) is 0 Å². The summed E-state index contributed by atoms with van der Waals surface area (Å²) in [6.45, 7) is 6.17. The van der Waals surface area contributed by atoms with Crippen LogP contribution in [-0.2, 0) is 0 Å². The van der Waals surface area contributed by atoms with E-state index in [-0.39, 0.29) is 5.91 Å². The predicted octanol–water partition coefficient (Wildman–Crippen LogP) is 4.50. The van der Waals surface area contributed by atoms with Crippen LogP contribution in [0.3, 0.4) is 0 Å². The van der Waals surface area contributed by atoms with Gasteiger partial charge in [0.15, 0.2) is 0 Å². The van der Waals surface area contributed by atoms with Crippen molar-refractivity contribution in [2.75, 3.05) is 11.9 Å². The number of halogens is 1. The summed E-state index contributed by atoms with van der Waals surface area (Å²) in [5.74, 6) is 0.589. The Kier molecular flexibility index (Phi) is 5.38. The van der Waals surface area contributed by atoms with Crippen molar-refractivity contribution in [1.29, 1.82) is 0 Å². The molecule has 0 heterocycles. The minimum atomic E-state index is -0.136. The standard InChI is InChI=1S/C17H16INO2/c1-12(2)11-21-16-9-3-13(4-10-16)17(20)19-15-7-5-14(18)6-8-15/h3-10H,1,11H2,2H3,(H,19,20). The van der Waals surface area contributed by atoms with Crippen LogP contribution in [-0.4, -0.2) is 12.5 Å². The minimum Gasteiger partial charge on any atom is -0.489 e. The van der Waals surface area contributed by atoms with Crippen molar-refractivity contribution in [3.05, 3.63) is 69.8 Å². The van der Waals surface area contributed by atoms with Gasteiger partial charge in [-0.2, -0.15) is 0 Å². The molecular weight excluding hydrogens is 377 g/mol. The number of hydrogen-bond donors (Lipinski definition) is 1. The summed E-state index contributed by atoms with van der Waals surface area (Å²) in [5, 5.41) is 2.86. The highest BCUT2D eigenvalue weighted by atomic mass is 127. The van der Waals surface area contributed by atoms with Crippen molar-refractivity contribution in [3.8, 4) is 5.75 Å². The second-order valence-corrected chi connectivity index (χ2v) is 5.98. The summed E-state index contributed by atoms with van der Waals surface area (Å²) in [7, 11) is 0. The largest absolute Gasteiger partial charge is 0.489 e. The summed E-state index contributed by atoms with van der Waals surface area (Å²) >= 11 is 2.22. The average molecular weight is 393 g/mol. The first-order chi connectivity index (χ1) is 10.0. The maximum atomic E-state index is 12.1. The lowest BCUT2D eigenvalue weighted by molar-refractivity contribution is 0.102. The Morgan fingerprint density at radius 2 is 1.76 bits per heavy atom. The van der Waals surface area contributed by atoms with Gasteiger partial charge in [-0.15, -0.1) is 0 Å². The first-order valence-electron chi connectivity index (χ1n) is 6.49. The summed E-state index contributed by atoms with van der Waals surface area (Å²) in [5.41, 5.74) is 2.33. The molecule has 0 unspecified atom stereocenters. The molecule has 0 radical (unpaired) electrons. The number of ether oxygens (including phenoxy) is 1. The molecule has 0 saturated carbocycles. The van der Waals surface area contributed by atoms with Crippen LogP contribution < -0.4 is 10.1 Å². The molecule has 0 spiro atoms. The third kappa shape index (κ3) is 4.90. The first kappa shape index (κ1) is 15.6. The number of anilines is 1. The van der Waals surface area contributed by atoms with Gasteiger partial charge in [-0.1, -0.05) is 6.58 Å². The van der Waals surface area contributed by atoms with E-state index in [4.69, 9.17) is 4.74 Å². The van der Waals surface area contributed by atoms with Gasteiger partial charge in [0.1, 0.15) is 12.4 Å². The molecular formula is C17H16INO2. The van der Waals surface area contributed by atoms with Crippen LogP contribution in [0.5, 0.6) is 5.75 Å². The van der Waals surface area contributed by atoms with Crippen molar-refractivity contribution in [3.63, 3.8) is 0 Å². The molecule has 2 aromatic rings. The van der Waals surface area contributed by atoms with Crippen LogP contribution in [0.2, 0.25) is 0 Å². The third-order valence-electron chi connectivity index (χ3n) is 2.70. The maximum absolute atomic E-state index is 12.1. The van der Waals surface area contributed by atoms with Crippen molar-refractivity contribution in [2.45, 2.75) is 6.92 Å². The molecule has 0 saturated heterocycles. The molecule has 2 rings (SSSR count). The minimum absolute atomic E-state index is 0.136. The van der Waals surface area contributed by atoms with Gasteiger partial charge in [-0.05, 0) is 83.6 Å². The fraction of sp³-hybridized carbons (Fsp3) is 0.118. The average Bonchev–Trinajstić information content (AvgIpc) is 2.48. The summed E-state index contributed by atoms with van der Waals surface area (Å²) in [4.78, 5) is 12.1. The zero-order valence-corrected chi connectivity index (χ0v) is 13.9. The number of hydrogen-bond acceptors (Lipinski definition) is 2. The Labute approximate surface area is 138 Å². The SMILES string of the molecule is C=C(C)COc1ccc(C(=O)Nc2ccc(I)cc2)cc1. The summed E-state index contributed by atoms with van der Waals surface area (Å²) in [6.07, 6.45) is 0. The second kappa shape index (κ2) is 7.26. The van der Waals surface area contributed by atoms with E-state index < -0.39 is 0 Å². The van der Waals surface area contributed by atoms with Crippen LogP contribution in [0.15, 0.2) is 60.7 Å². The Bertz CT molecular complexity index is 633. The van der Waals surface area contributed by atoms with Crippen LogP contribution in [0.4, 0.5) is 5.69 Å². The Morgan fingerprint density at radius 1 is 1.14 bits per heavy atom. The molecule has 0 aliphatic carbocycles. The first-order valence-corrected chi connectivity index (χ1v) is 7.56. The zero-order chi connectivity index (χ0) is 15.2. The van der Waals surface area contributed by atoms with Crippen molar-refractivity contribution >= 4 is 34.2 Å². The lowest BCUT2D eigenvalue weighted by Crippen LogP contribution is -2.11. The molecule has 3 nitrogen and oxygen atoms in total. The van der Waals surface area contributed by atoms with E-state index in [2.05, 4.69) is 34.5 Å². The second-order valence-electron chi connectivity index (χ2n) is 4.73. The fourth-order valence-corrected chi connectivity index (χ4v) is 2.01. The molecule has 21 heavy (non-hydrogen) atoms. The molecule has 0 fully saturated rings. The van der Waals surface area contributed by atoms with Crippen LogP contribution >= 0.6 is 22.6 Å².